The van der Waals surface area contributed by atoms with E-state index in [4.69, 9.17) is 0 Å². The molecule has 0 spiro atoms. The molecule has 4 rings (SSSR count). The van der Waals surface area contributed by atoms with Crippen molar-refractivity contribution in [3.05, 3.63) is 59.9 Å². The maximum Gasteiger partial charge on any atom is 0.241 e. The van der Waals surface area contributed by atoms with Gasteiger partial charge in [-0.15, -0.1) is 11.8 Å². The number of para-hydroxylation sites is 1. The van der Waals surface area contributed by atoms with E-state index in [1.807, 2.05) is 6.07 Å². The maximum atomic E-state index is 13.6. The Balaban J connectivity index is 1.24. The SMILES string of the molecule is O=C(CCN1CCN(c2ccccc2)CC1)N/N=C1\CCSc2ccc(F)cc21. The second-order valence-electron chi connectivity index (χ2n) is 7.25. The molecule has 0 unspecified atom stereocenters. The number of nitrogens with zero attached hydrogens (tertiary/aromatic N) is 3. The number of nitrogens with one attached hydrogen (secondary N) is 1. The molecule has 2 heterocycles. The van der Waals surface area contributed by atoms with Gasteiger partial charge in [0.05, 0.1) is 5.71 Å². The minimum absolute atomic E-state index is 0.0980. The number of hydrogen-bond donors (Lipinski definition) is 1. The number of fused-ring (bicyclic) bond motifs is 1. The highest BCUT2D eigenvalue weighted by atomic mass is 32.2. The Bertz CT molecular complexity index is 882. The molecular weight excluding hydrogens is 387 g/mol. The van der Waals surface area contributed by atoms with Gasteiger partial charge in [-0.3, -0.25) is 9.69 Å². The molecular formula is C22H25FN4OS. The molecule has 1 amide bonds. The van der Waals surface area contributed by atoms with Crippen LogP contribution in [0.4, 0.5) is 10.1 Å². The van der Waals surface area contributed by atoms with Crippen LogP contribution in [-0.2, 0) is 4.79 Å². The van der Waals surface area contributed by atoms with Crippen molar-refractivity contribution in [3.8, 4) is 0 Å². The lowest BCUT2D eigenvalue weighted by atomic mass is 10.1. The molecule has 152 valence electrons. The third-order valence-electron chi connectivity index (χ3n) is 5.31. The molecule has 0 atom stereocenters. The molecule has 2 aromatic rings. The fourth-order valence-electron chi connectivity index (χ4n) is 3.68. The van der Waals surface area contributed by atoms with Crippen molar-refractivity contribution in [2.45, 2.75) is 17.7 Å². The Kier molecular flexibility index (Phi) is 6.46. The molecule has 0 bridgehead atoms. The fourth-order valence-corrected chi connectivity index (χ4v) is 4.69. The first-order chi connectivity index (χ1) is 14.2. The average molecular weight is 413 g/mol. The van der Waals surface area contributed by atoms with E-state index in [1.54, 1.807) is 17.8 Å². The standard InChI is InChI=1S/C22H25FN4OS/c23-17-6-7-21-19(16-17)20(9-15-29-21)24-25-22(28)8-10-26-11-13-27(14-12-26)18-4-2-1-3-5-18/h1-7,16H,8-15H2,(H,25,28)/b24-20+. The Labute approximate surface area is 175 Å². The summed E-state index contributed by atoms with van der Waals surface area (Å²) in [5.74, 6) is 0.512. The number of carbonyl (C=O) groups is 1. The van der Waals surface area contributed by atoms with Gasteiger partial charge in [0.25, 0.3) is 0 Å². The van der Waals surface area contributed by atoms with Gasteiger partial charge >= 0.3 is 0 Å². The van der Waals surface area contributed by atoms with E-state index in [2.05, 4.69) is 44.6 Å². The summed E-state index contributed by atoms with van der Waals surface area (Å²) in [6, 6.07) is 15.2. The molecule has 2 aliphatic heterocycles. The van der Waals surface area contributed by atoms with Crippen molar-refractivity contribution in [1.29, 1.82) is 0 Å². The quantitative estimate of drug-likeness (QED) is 0.765. The number of hydrogen-bond acceptors (Lipinski definition) is 5. The van der Waals surface area contributed by atoms with E-state index in [0.717, 1.165) is 61.1 Å². The van der Waals surface area contributed by atoms with Gasteiger partial charge in [0.15, 0.2) is 0 Å². The number of rotatable bonds is 5. The molecule has 0 aromatic heterocycles. The van der Waals surface area contributed by atoms with E-state index in [-0.39, 0.29) is 11.7 Å². The third kappa shape index (κ3) is 5.16. The molecule has 0 saturated carbocycles. The Morgan fingerprint density at radius 2 is 1.90 bits per heavy atom. The van der Waals surface area contributed by atoms with Gasteiger partial charge in [0.1, 0.15) is 5.82 Å². The smallest absolute Gasteiger partial charge is 0.241 e. The number of halogens is 1. The lowest BCUT2D eigenvalue weighted by Crippen LogP contribution is -2.47. The summed E-state index contributed by atoms with van der Waals surface area (Å²) in [7, 11) is 0. The number of piperazine rings is 1. The topological polar surface area (TPSA) is 47.9 Å². The molecule has 1 N–H and O–H groups in total. The number of thioether (sulfide) groups is 1. The normalized spacial score (nSPS) is 18.5. The Morgan fingerprint density at radius 3 is 2.69 bits per heavy atom. The highest BCUT2D eigenvalue weighted by Crippen LogP contribution is 2.30. The zero-order chi connectivity index (χ0) is 20.1. The van der Waals surface area contributed by atoms with Crippen molar-refractivity contribution in [2.75, 3.05) is 43.4 Å². The minimum atomic E-state index is -0.278. The summed E-state index contributed by atoms with van der Waals surface area (Å²) in [5, 5.41) is 4.29. The van der Waals surface area contributed by atoms with Gasteiger partial charge in [-0.05, 0) is 30.3 Å². The number of amides is 1. The van der Waals surface area contributed by atoms with Crippen molar-refractivity contribution >= 4 is 29.1 Å². The van der Waals surface area contributed by atoms with Gasteiger partial charge in [-0.25, -0.2) is 9.82 Å². The van der Waals surface area contributed by atoms with Crippen molar-refractivity contribution in [1.82, 2.24) is 10.3 Å². The highest BCUT2D eigenvalue weighted by molar-refractivity contribution is 7.99. The summed E-state index contributed by atoms with van der Waals surface area (Å²) in [6.07, 6.45) is 1.13. The van der Waals surface area contributed by atoms with Crippen molar-refractivity contribution < 1.29 is 9.18 Å². The molecule has 2 aliphatic rings. The van der Waals surface area contributed by atoms with Crippen molar-refractivity contribution in [2.24, 2.45) is 5.10 Å². The Hall–Kier alpha value is -2.38. The molecule has 7 heteroatoms. The second-order valence-corrected chi connectivity index (χ2v) is 8.38. The summed E-state index contributed by atoms with van der Waals surface area (Å²) < 4.78 is 13.6. The first-order valence-corrected chi connectivity index (χ1v) is 11.0. The summed E-state index contributed by atoms with van der Waals surface area (Å²) >= 11 is 1.69. The number of anilines is 1. The lowest BCUT2D eigenvalue weighted by Gasteiger charge is -2.36. The molecule has 0 radical (unpaired) electrons. The summed E-state index contributed by atoms with van der Waals surface area (Å²) in [5.41, 5.74) is 5.46. The predicted molar refractivity (Wildman–Crippen MR) is 116 cm³/mol. The first-order valence-electron chi connectivity index (χ1n) is 9.99. The highest BCUT2D eigenvalue weighted by Gasteiger charge is 2.19. The van der Waals surface area contributed by atoms with Crippen LogP contribution < -0.4 is 10.3 Å². The third-order valence-corrected chi connectivity index (χ3v) is 6.39. The number of hydrazone groups is 1. The van der Waals surface area contributed by atoms with Crippen LogP contribution in [0.5, 0.6) is 0 Å². The summed E-state index contributed by atoms with van der Waals surface area (Å²) in [6.45, 7) is 4.55. The van der Waals surface area contributed by atoms with E-state index in [1.165, 1.54) is 17.8 Å². The maximum absolute atomic E-state index is 13.6. The lowest BCUT2D eigenvalue weighted by molar-refractivity contribution is -0.121. The monoisotopic (exact) mass is 412 g/mol. The minimum Gasteiger partial charge on any atom is -0.369 e. The van der Waals surface area contributed by atoms with Crippen molar-refractivity contribution in [3.63, 3.8) is 0 Å². The van der Waals surface area contributed by atoms with Gasteiger partial charge in [-0.1, -0.05) is 18.2 Å². The molecule has 2 aromatic carbocycles. The van der Waals surface area contributed by atoms with E-state index in [0.29, 0.717) is 6.42 Å². The van der Waals surface area contributed by atoms with Gasteiger partial charge < -0.3 is 4.90 Å². The zero-order valence-corrected chi connectivity index (χ0v) is 17.1. The molecule has 29 heavy (non-hydrogen) atoms. The van der Waals surface area contributed by atoms with Crippen LogP contribution in [0, 0.1) is 5.82 Å². The van der Waals surface area contributed by atoms with Crippen LogP contribution in [0.2, 0.25) is 0 Å². The van der Waals surface area contributed by atoms with Gasteiger partial charge in [0, 0.05) is 67.5 Å². The fraction of sp³-hybridized carbons (Fsp3) is 0.364. The van der Waals surface area contributed by atoms with Crippen LogP contribution in [0.25, 0.3) is 0 Å². The van der Waals surface area contributed by atoms with Crippen LogP contribution in [-0.4, -0.2) is 55.0 Å². The van der Waals surface area contributed by atoms with Crippen LogP contribution in [0.15, 0.2) is 58.5 Å². The molecule has 1 saturated heterocycles. The zero-order valence-electron chi connectivity index (χ0n) is 16.3. The van der Waals surface area contributed by atoms with E-state index in [9.17, 15) is 9.18 Å². The van der Waals surface area contributed by atoms with Gasteiger partial charge in [0.2, 0.25) is 5.91 Å². The van der Waals surface area contributed by atoms with Gasteiger partial charge in [-0.2, -0.15) is 5.10 Å². The van der Waals surface area contributed by atoms with E-state index >= 15 is 0 Å². The largest absolute Gasteiger partial charge is 0.369 e. The van der Waals surface area contributed by atoms with Crippen LogP contribution in [0.1, 0.15) is 18.4 Å². The first kappa shape index (κ1) is 19.9. The average Bonchev–Trinajstić information content (AvgIpc) is 2.77. The van der Waals surface area contributed by atoms with E-state index < -0.39 is 0 Å². The second kappa shape index (κ2) is 9.41. The predicted octanol–water partition coefficient (Wildman–Crippen LogP) is 3.35. The molecule has 1 fully saturated rings. The van der Waals surface area contributed by atoms with Crippen LogP contribution in [0.3, 0.4) is 0 Å². The molecule has 0 aliphatic carbocycles. The number of carbonyl (C=O) groups excluding carboxylic acids is 1. The summed E-state index contributed by atoms with van der Waals surface area (Å²) in [4.78, 5) is 18.0. The Morgan fingerprint density at radius 1 is 1.10 bits per heavy atom. The van der Waals surface area contributed by atoms with Crippen LogP contribution >= 0.6 is 11.8 Å². The number of benzene rings is 2. The molecule has 5 nitrogen and oxygen atoms in total.